The lowest BCUT2D eigenvalue weighted by Gasteiger charge is -2.23. The van der Waals surface area contributed by atoms with Crippen LogP contribution in [0.4, 0.5) is 0 Å². The number of aromatic hydroxyl groups is 1. The van der Waals surface area contributed by atoms with Gasteiger partial charge in [-0.25, -0.2) is 0 Å². The number of phenols is 1. The van der Waals surface area contributed by atoms with E-state index in [1.807, 2.05) is 18.2 Å². The summed E-state index contributed by atoms with van der Waals surface area (Å²) >= 11 is 0. The van der Waals surface area contributed by atoms with Gasteiger partial charge in [0.05, 0.1) is 12.7 Å². The van der Waals surface area contributed by atoms with Gasteiger partial charge in [-0.15, -0.1) is 0 Å². The molecule has 3 rings (SSSR count). The molecule has 0 bridgehead atoms. The van der Waals surface area contributed by atoms with Crippen molar-refractivity contribution in [3.63, 3.8) is 0 Å². The van der Waals surface area contributed by atoms with Gasteiger partial charge in [-0.2, -0.15) is 0 Å². The first-order valence-electron chi connectivity index (χ1n) is 10.4. The molecule has 0 radical (unpaired) electrons. The number of aliphatic hydroxyl groups is 1. The number of phenolic OH excluding ortho intramolecular Hbond substituents is 1. The zero-order valence-electron chi connectivity index (χ0n) is 16.4. The van der Waals surface area contributed by atoms with E-state index in [1.54, 1.807) is 6.07 Å². The molecule has 0 aliphatic heterocycles. The van der Waals surface area contributed by atoms with Crippen LogP contribution in [0.1, 0.15) is 74.5 Å². The summed E-state index contributed by atoms with van der Waals surface area (Å²) in [5, 5.41) is 19.7. The zero-order valence-corrected chi connectivity index (χ0v) is 16.4. The molecule has 4 nitrogen and oxygen atoms in total. The second-order valence-corrected chi connectivity index (χ2v) is 7.60. The minimum Gasteiger partial charge on any atom is -0.504 e. The van der Waals surface area contributed by atoms with Gasteiger partial charge in [-0.05, 0) is 62.3 Å². The first-order valence-corrected chi connectivity index (χ1v) is 10.4. The Bertz CT molecular complexity index is 713. The Morgan fingerprint density at radius 3 is 2.63 bits per heavy atom. The molecular weight excluding hydrogens is 340 g/mol. The van der Waals surface area contributed by atoms with Gasteiger partial charge >= 0.3 is 0 Å². The van der Waals surface area contributed by atoms with Crippen LogP contribution in [0.5, 0.6) is 11.5 Å². The summed E-state index contributed by atoms with van der Waals surface area (Å²) in [6, 6.07) is 7.60. The second-order valence-electron chi connectivity index (χ2n) is 7.60. The standard InChI is InChI=1S/C23H32O4/c1-2-3-9-22-18(16-24)15-20(27-22)12-10-17-11-13-21(25)23(14-17)26-19-7-5-4-6-8-19/h11,13-15,19,24-25H,2-10,12,16H2,1H3. The molecule has 2 aromatic rings. The van der Waals surface area contributed by atoms with Gasteiger partial charge in [-0.1, -0.05) is 25.8 Å². The van der Waals surface area contributed by atoms with Crippen LogP contribution in [0.2, 0.25) is 0 Å². The summed E-state index contributed by atoms with van der Waals surface area (Å²) in [6.07, 6.45) is 10.7. The van der Waals surface area contributed by atoms with Gasteiger partial charge in [0.25, 0.3) is 0 Å². The van der Waals surface area contributed by atoms with Crippen molar-refractivity contribution in [1.82, 2.24) is 0 Å². The maximum Gasteiger partial charge on any atom is 0.161 e. The SMILES string of the molecule is CCCCc1oc(CCc2ccc(O)c(OC3CCCCC3)c2)cc1CO. The topological polar surface area (TPSA) is 62.8 Å². The first kappa shape index (κ1) is 19.8. The summed E-state index contributed by atoms with van der Waals surface area (Å²) in [7, 11) is 0. The molecule has 4 heteroatoms. The highest BCUT2D eigenvalue weighted by Gasteiger charge is 2.17. The van der Waals surface area contributed by atoms with E-state index < -0.39 is 0 Å². The molecule has 1 aliphatic rings. The van der Waals surface area contributed by atoms with E-state index in [-0.39, 0.29) is 18.5 Å². The molecule has 0 amide bonds. The molecule has 148 valence electrons. The third kappa shape index (κ3) is 5.52. The Balaban J connectivity index is 1.62. The van der Waals surface area contributed by atoms with Crippen LogP contribution in [-0.2, 0) is 25.9 Å². The normalized spacial score (nSPS) is 15.2. The number of hydrogen-bond acceptors (Lipinski definition) is 4. The Hall–Kier alpha value is -1.94. The van der Waals surface area contributed by atoms with Crippen LogP contribution >= 0.6 is 0 Å². The minimum absolute atomic E-state index is 0.0289. The second kappa shape index (κ2) is 9.84. The highest BCUT2D eigenvalue weighted by molar-refractivity contribution is 5.42. The van der Waals surface area contributed by atoms with Gasteiger partial charge in [0.1, 0.15) is 11.5 Å². The number of benzene rings is 1. The fourth-order valence-corrected chi connectivity index (χ4v) is 3.77. The van der Waals surface area contributed by atoms with Gasteiger partial charge in [0.15, 0.2) is 11.5 Å². The molecule has 0 unspecified atom stereocenters. The van der Waals surface area contributed by atoms with Gasteiger partial charge in [-0.3, -0.25) is 0 Å². The van der Waals surface area contributed by atoms with Crippen LogP contribution < -0.4 is 4.74 Å². The van der Waals surface area contributed by atoms with Crippen LogP contribution in [0, 0.1) is 0 Å². The number of hydrogen-bond donors (Lipinski definition) is 2. The molecule has 0 atom stereocenters. The van der Waals surface area contributed by atoms with Crippen LogP contribution in [-0.4, -0.2) is 16.3 Å². The molecule has 1 fully saturated rings. The number of aliphatic hydroxyl groups excluding tert-OH is 1. The van der Waals surface area contributed by atoms with Gasteiger partial charge < -0.3 is 19.4 Å². The van der Waals surface area contributed by atoms with Crippen molar-refractivity contribution in [2.45, 2.75) is 83.8 Å². The maximum atomic E-state index is 10.1. The molecule has 0 spiro atoms. The third-order valence-electron chi connectivity index (χ3n) is 5.41. The molecule has 0 saturated heterocycles. The summed E-state index contributed by atoms with van der Waals surface area (Å²) in [5.41, 5.74) is 2.03. The van der Waals surface area contributed by atoms with Crippen LogP contribution in [0.3, 0.4) is 0 Å². The number of ether oxygens (including phenoxy) is 1. The number of aryl methyl sites for hydroxylation is 3. The average molecular weight is 373 g/mol. The highest BCUT2D eigenvalue weighted by Crippen LogP contribution is 2.31. The first-order chi connectivity index (χ1) is 13.2. The van der Waals surface area contributed by atoms with Gasteiger partial charge in [0, 0.05) is 18.4 Å². The van der Waals surface area contributed by atoms with Crippen molar-refractivity contribution in [3.05, 3.63) is 46.9 Å². The van der Waals surface area contributed by atoms with Crippen LogP contribution in [0.25, 0.3) is 0 Å². The molecule has 1 aromatic heterocycles. The van der Waals surface area contributed by atoms with Crippen molar-refractivity contribution in [2.24, 2.45) is 0 Å². The minimum atomic E-state index is 0.0289. The van der Waals surface area contributed by atoms with E-state index in [4.69, 9.17) is 9.15 Å². The lowest BCUT2D eigenvalue weighted by atomic mass is 9.97. The van der Waals surface area contributed by atoms with Crippen molar-refractivity contribution >= 4 is 0 Å². The quantitative estimate of drug-likeness (QED) is 0.625. The highest BCUT2D eigenvalue weighted by atomic mass is 16.5. The summed E-state index contributed by atoms with van der Waals surface area (Å²) in [5.74, 6) is 2.64. The van der Waals surface area contributed by atoms with Crippen molar-refractivity contribution in [3.8, 4) is 11.5 Å². The molecule has 1 aliphatic carbocycles. The van der Waals surface area contributed by atoms with Crippen molar-refractivity contribution < 1.29 is 19.4 Å². The van der Waals surface area contributed by atoms with E-state index in [0.29, 0.717) is 5.75 Å². The predicted octanol–water partition coefficient (Wildman–Crippen LogP) is 5.32. The Labute approximate surface area is 162 Å². The van der Waals surface area contributed by atoms with Gasteiger partial charge in [0.2, 0.25) is 0 Å². The largest absolute Gasteiger partial charge is 0.504 e. The third-order valence-corrected chi connectivity index (χ3v) is 5.41. The molecule has 2 N–H and O–H groups in total. The lowest BCUT2D eigenvalue weighted by Crippen LogP contribution is -2.19. The van der Waals surface area contributed by atoms with E-state index in [2.05, 4.69) is 6.92 Å². The monoisotopic (exact) mass is 372 g/mol. The molecule has 1 aromatic carbocycles. The fourth-order valence-electron chi connectivity index (χ4n) is 3.77. The number of rotatable bonds is 9. The van der Waals surface area contributed by atoms with Crippen molar-refractivity contribution in [1.29, 1.82) is 0 Å². The smallest absolute Gasteiger partial charge is 0.161 e. The maximum absolute atomic E-state index is 10.1. The Kier molecular flexibility index (Phi) is 7.22. The van der Waals surface area contributed by atoms with E-state index in [0.717, 1.165) is 67.6 Å². The summed E-state index contributed by atoms with van der Waals surface area (Å²) in [4.78, 5) is 0. The number of unbranched alkanes of at least 4 members (excludes halogenated alkanes) is 1. The predicted molar refractivity (Wildman–Crippen MR) is 106 cm³/mol. The lowest BCUT2D eigenvalue weighted by molar-refractivity contribution is 0.150. The average Bonchev–Trinajstić information content (AvgIpc) is 3.10. The molecular formula is C23H32O4. The zero-order chi connectivity index (χ0) is 19.1. The Morgan fingerprint density at radius 1 is 1.07 bits per heavy atom. The van der Waals surface area contributed by atoms with E-state index >= 15 is 0 Å². The molecule has 1 saturated carbocycles. The van der Waals surface area contributed by atoms with E-state index in [9.17, 15) is 10.2 Å². The summed E-state index contributed by atoms with van der Waals surface area (Å²) < 4.78 is 12.0. The fraction of sp³-hybridized carbons (Fsp3) is 0.565. The van der Waals surface area contributed by atoms with E-state index in [1.165, 1.54) is 19.3 Å². The Morgan fingerprint density at radius 2 is 1.89 bits per heavy atom. The number of furan rings is 1. The van der Waals surface area contributed by atoms with Crippen molar-refractivity contribution in [2.75, 3.05) is 0 Å². The summed E-state index contributed by atoms with van der Waals surface area (Å²) in [6.45, 7) is 2.18. The van der Waals surface area contributed by atoms with Crippen LogP contribution in [0.15, 0.2) is 28.7 Å². The molecule has 1 heterocycles. The molecule has 27 heavy (non-hydrogen) atoms.